The Morgan fingerprint density at radius 2 is 1.95 bits per heavy atom. The number of halogens is 1. The molecule has 0 aliphatic rings. The van der Waals surface area contributed by atoms with Gasteiger partial charge in [0.1, 0.15) is 11.6 Å². The van der Waals surface area contributed by atoms with E-state index in [4.69, 9.17) is 4.74 Å². The largest absolute Gasteiger partial charge is 0.494 e. The van der Waals surface area contributed by atoms with Gasteiger partial charge in [0.2, 0.25) is 0 Å². The second-order valence-electron chi connectivity index (χ2n) is 4.97. The number of nitrogens with zero attached hydrogens (tertiary/aromatic N) is 1. The minimum atomic E-state index is 0.772. The summed E-state index contributed by atoms with van der Waals surface area (Å²) in [5.74, 6) is 1.79. The van der Waals surface area contributed by atoms with E-state index in [0.29, 0.717) is 0 Å². The monoisotopic (exact) mass is 344 g/mol. The predicted molar refractivity (Wildman–Crippen MR) is 89.6 cm³/mol. The highest BCUT2D eigenvalue weighted by Crippen LogP contribution is 2.24. The number of hydrogen-bond donors (Lipinski definition) is 1. The molecule has 0 aliphatic carbocycles. The van der Waals surface area contributed by atoms with Gasteiger partial charge in [0.05, 0.1) is 17.6 Å². The number of fused-ring (bicyclic) bond motifs is 1. The number of rotatable bonds is 5. The Morgan fingerprint density at radius 1 is 1.14 bits per heavy atom. The molecule has 108 valence electrons. The van der Waals surface area contributed by atoms with Crippen molar-refractivity contribution < 1.29 is 4.74 Å². The second kappa shape index (κ2) is 6.31. The van der Waals surface area contributed by atoms with Gasteiger partial charge in [0.15, 0.2) is 0 Å². The van der Waals surface area contributed by atoms with Crippen LogP contribution in [0.15, 0.2) is 46.9 Å². The van der Waals surface area contributed by atoms with Crippen molar-refractivity contribution in [3.63, 3.8) is 0 Å². The lowest BCUT2D eigenvalue weighted by molar-refractivity contribution is 0.309. The first-order chi connectivity index (χ1) is 10.3. The van der Waals surface area contributed by atoms with Crippen molar-refractivity contribution in [1.29, 1.82) is 0 Å². The zero-order chi connectivity index (χ0) is 14.7. The quantitative estimate of drug-likeness (QED) is 0.648. The zero-order valence-electron chi connectivity index (χ0n) is 11.9. The standard InChI is InChI=1S/C17H17BrN2O/c1-2-3-10-21-14-7-4-12(5-8-14)17-19-15-9-6-13(18)11-16(15)20-17/h4-9,11H,2-3,10H2,1H3,(H,19,20). The van der Waals surface area contributed by atoms with Gasteiger partial charge in [-0.1, -0.05) is 29.3 Å². The first kappa shape index (κ1) is 14.1. The van der Waals surface area contributed by atoms with E-state index in [0.717, 1.165) is 52.1 Å². The van der Waals surface area contributed by atoms with Crippen molar-refractivity contribution in [1.82, 2.24) is 9.97 Å². The van der Waals surface area contributed by atoms with E-state index in [2.05, 4.69) is 32.8 Å². The molecular formula is C17H17BrN2O. The normalized spacial score (nSPS) is 11.0. The highest BCUT2D eigenvalue weighted by Gasteiger charge is 2.06. The molecule has 0 spiro atoms. The number of aromatic amines is 1. The minimum Gasteiger partial charge on any atom is -0.494 e. The van der Waals surface area contributed by atoms with Gasteiger partial charge in [0.25, 0.3) is 0 Å². The molecule has 4 heteroatoms. The summed E-state index contributed by atoms with van der Waals surface area (Å²) in [5.41, 5.74) is 3.06. The van der Waals surface area contributed by atoms with Gasteiger partial charge < -0.3 is 9.72 Å². The Hall–Kier alpha value is -1.81. The molecule has 3 aromatic rings. The summed E-state index contributed by atoms with van der Waals surface area (Å²) < 4.78 is 6.72. The smallest absolute Gasteiger partial charge is 0.138 e. The van der Waals surface area contributed by atoms with E-state index in [-0.39, 0.29) is 0 Å². The minimum absolute atomic E-state index is 0.772. The molecule has 0 amide bonds. The van der Waals surface area contributed by atoms with E-state index in [9.17, 15) is 0 Å². The molecule has 0 saturated carbocycles. The fourth-order valence-corrected chi connectivity index (χ4v) is 2.52. The van der Waals surface area contributed by atoms with Crippen LogP contribution in [0.1, 0.15) is 19.8 Å². The van der Waals surface area contributed by atoms with Crippen molar-refractivity contribution in [3.8, 4) is 17.1 Å². The number of hydrogen-bond acceptors (Lipinski definition) is 2. The molecule has 3 nitrogen and oxygen atoms in total. The Labute approximate surface area is 132 Å². The van der Waals surface area contributed by atoms with E-state index in [1.165, 1.54) is 0 Å². The van der Waals surface area contributed by atoms with E-state index in [1.807, 2.05) is 42.5 Å². The second-order valence-corrected chi connectivity index (χ2v) is 5.89. The fraction of sp³-hybridized carbons (Fsp3) is 0.235. The molecule has 0 fully saturated rings. The van der Waals surface area contributed by atoms with Crippen LogP contribution in [0.5, 0.6) is 5.75 Å². The van der Waals surface area contributed by atoms with Crippen LogP contribution in [0, 0.1) is 0 Å². The molecule has 1 heterocycles. The van der Waals surface area contributed by atoms with Gasteiger partial charge in [0, 0.05) is 10.0 Å². The SMILES string of the molecule is CCCCOc1ccc(-c2nc3ccc(Br)cc3[nH]2)cc1. The van der Waals surface area contributed by atoms with Crippen LogP contribution in [0.2, 0.25) is 0 Å². The molecule has 0 saturated heterocycles. The zero-order valence-corrected chi connectivity index (χ0v) is 13.5. The van der Waals surface area contributed by atoms with Crippen LogP contribution in [0.25, 0.3) is 22.4 Å². The van der Waals surface area contributed by atoms with Crippen LogP contribution in [0.4, 0.5) is 0 Å². The number of H-pyrrole nitrogens is 1. The first-order valence-electron chi connectivity index (χ1n) is 7.15. The first-order valence-corrected chi connectivity index (χ1v) is 7.94. The van der Waals surface area contributed by atoms with Gasteiger partial charge >= 0.3 is 0 Å². The average molecular weight is 345 g/mol. The third kappa shape index (κ3) is 3.27. The van der Waals surface area contributed by atoms with Crippen molar-refractivity contribution in [2.45, 2.75) is 19.8 Å². The number of ether oxygens (including phenoxy) is 1. The molecular weight excluding hydrogens is 328 g/mol. The Balaban J connectivity index is 1.81. The van der Waals surface area contributed by atoms with Crippen LogP contribution in [-0.4, -0.2) is 16.6 Å². The molecule has 0 atom stereocenters. The van der Waals surface area contributed by atoms with Gasteiger partial charge in [-0.2, -0.15) is 0 Å². The molecule has 0 aliphatic heterocycles. The molecule has 1 N–H and O–H groups in total. The maximum Gasteiger partial charge on any atom is 0.138 e. The molecule has 0 unspecified atom stereocenters. The maximum atomic E-state index is 5.68. The lowest BCUT2D eigenvalue weighted by Crippen LogP contribution is -1.96. The number of unbranched alkanes of at least 4 members (excludes halogenated alkanes) is 1. The number of nitrogens with one attached hydrogen (secondary N) is 1. The van der Waals surface area contributed by atoms with Crippen molar-refractivity contribution in [3.05, 3.63) is 46.9 Å². The Bertz CT molecular complexity index is 734. The lowest BCUT2D eigenvalue weighted by Gasteiger charge is -2.05. The number of aromatic nitrogens is 2. The van der Waals surface area contributed by atoms with Crippen LogP contribution in [0.3, 0.4) is 0 Å². The molecule has 2 aromatic carbocycles. The summed E-state index contributed by atoms with van der Waals surface area (Å²) in [6, 6.07) is 14.1. The predicted octanol–water partition coefficient (Wildman–Crippen LogP) is 5.17. The summed E-state index contributed by atoms with van der Waals surface area (Å²) >= 11 is 3.47. The highest BCUT2D eigenvalue weighted by molar-refractivity contribution is 9.10. The molecule has 1 aromatic heterocycles. The molecule has 0 bridgehead atoms. The van der Waals surface area contributed by atoms with Gasteiger partial charge in [-0.15, -0.1) is 0 Å². The van der Waals surface area contributed by atoms with E-state index < -0.39 is 0 Å². The summed E-state index contributed by atoms with van der Waals surface area (Å²) in [7, 11) is 0. The number of imidazole rings is 1. The summed E-state index contributed by atoms with van der Waals surface area (Å²) in [6.07, 6.45) is 2.23. The average Bonchev–Trinajstić information content (AvgIpc) is 2.91. The Kier molecular flexibility index (Phi) is 4.25. The van der Waals surface area contributed by atoms with Crippen LogP contribution >= 0.6 is 15.9 Å². The van der Waals surface area contributed by atoms with Gasteiger partial charge in [-0.05, 0) is 48.9 Å². The third-order valence-corrected chi connectivity index (χ3v) is 3.83. The Morgan fingerprint density at radius 3 is 2.71 bits per heavy atom. The fourth-order valence-electron chi connectivity index (χ4n) is 2.16. The van der Waals surface area contributed by atoms with Crippen molar-refractivity contribution in [2.24, 2.45) is 0 Å². The summed E-state index contributed by atoms with van der Waals surface area (Å²) in [5, 5.41) is 0. The molecule has 3 rings (SSSR count). The third-order valence-electron chi connectivity index (χ3n) is 3.34. The lowest BCUT2D eigenvalue weighted by atomic mass is 10.2. The highest BCUT2D eigenvalue weighted by atomic mass is 79.9. The van der Waals surface area contributed by atoms with Gasteiger partial charge in [-0.3, -0.25) is 0 Å². The van der Waals surface area contributed by atoms with Crippen molar-refractivity contribution in [2.75, 3.05) is 6.61 Å². The summed E-state index contributed by atoms with van der Waals surface area (Å²) in [4.78, 5) is 7.95. The molecule has 0 radical (unpaired) electrons. The van der Waals surface area contributed by atoms with E-state index >= 15 is 0 Å². The van der Waals surface area contributed by atoms with Crippen LogP contribution < -0.4 is 4.74 Å². The van der Waals surface area contributed by atoms with Crippen molar-refractivity contribution >= 4 is 27.0 Å². The number of benzene rings is 2. The maximum absolute atomic E-state index is 5.68. The molecule has 21 heavy (non-hydrogen) atoms. The van der Waals surface area contributed by atoms with Gasteiger partial charge in [-0.25, -0.2) is 4.98 Å². The topological polar surface area (TPSA) is 37.9 Å². The van der Waals surface area contributed by atoms with Crippen LogP contribution in [-0.2, 0) is 0 Å². The van der Waals surface area contributed by atoms with E-state index in [1.54, 1.807) is 0 Å². The summed E-state index contributed by atoms with van der Waals surface area (Å²) in [6.45, 7) is 2.93.